The second-order valence-electron chi connectivity index (χ2n) is 6.31. The first-order valence-corrected chi connectivity index (χ1v) is 10.3. The number of rotatable bonds is 12. The molecule has 0 aromatic heterocycles. The van der Waals surface area contributed by atoms with Crippen molar-refractivity contribution >= 4 is 47.8 Å². The summed E-state index contributed by atoms with van der Waals surface area (Å²) in [6.45, 7) is 12.9. The highest BCUT2D eigenvalue weighted by atomic mass is 16.5. The maximum absolute atomic E-state index is 10.6. The van der Waals surface area contributed by atoms with Crippen LogP contribution in [0.25, 0.3) is 0 Å². The lowest BCUT2D eigenvalue weighted by atomic mass is 10.2. The number of carbonyl (C=O) groups excluding carboxylic acids is 1. The van der Waals surface area contributed by atoms with E-state index in [0.717, 1.165) is 31.1 Å². The highest BCUT2D eigenvalue weighted by Crippen LogP contribution is 1.95. The Bertz CT molecular complexity index is 941. The van der Waals surface area contributed by atoms with E-state index in [1.165, 1.54) is 6.92 Å². The molecule has 16 heteroatoms. The molecule has 0 saturated carbocycles. The van der Waals surface area contributed by atoms with Crippen molar-refractivity contribution in [3.05, 3.63) is 61.3 Å². The van der Waals surface area contributed by atoms with Crippen molar-refractivity contribution in [2.24, 2.45) is 0 Å². The van der Waals surface area contributed by atoms with Crippen molar-refractivity contribution < 1.29 is 78.8 Å². The highest BCUT2D eigenvalue weighted by molar-refractivity contribution is 5.91. The van der Waals surface area contributed by atoms with Crippen molar-refractivity contribution in [1.82, 2.24) is 0 Å². The molecule has 0 heterocycles. The first-order chi connectivity index (χ1) is 18.2. The van der Waals surface area contributed by atoms with Gasteiger partial charge in [-0.25, -0.2) is 33.6 Å². The average Bonchev–Trinajstić information content (AvgIpc) is 2.82. The van der Waals surface area contributed by atoms with Gasteiger partial charge < -0.3 is 40.5 Å². The van der Waals surface area contributed by atoms with Gasteiger partial charge in [-0.15, -0.1) is 0 Å². The van der Waals surface area contributed by atoms with Crippen LogP contribution in [0.5, 0.6) is 0 Å². The van der Waals surface area contributed by atoms with E-state index in [9.17, 15) is 38.4 Å². The zero-order chi connectivity index (χ0) is 32.8. The number of hydrogen-bond donors (Lipinski definition) is 7. The Balaban J connectivity index is -0.000000132. The molecule has 0 aromatic rings. The van der Waals surface area contributed by atoms with Gasteiger partial charge in [0.25, 0.3) is 0 Å². The summed E-state index contributed by atoms with van der Waals surface area (Å²) < 4.78 is 4.64. The van der Waals surface area contributed by atoms with E-state index < -0.39 is 54.2 Å². The molecule has 0 saturated heterocycles. The Morgan fingerprint density at radius 3 is 1.23 bits per heavy atom. The summed E-state index contributed by atoms with van der Waals surface area (Å²) >= 11 is 0. The largest absolute Gasteiger partial charge is 0.481 e. The monoisotopic (exact) mass is 576 g/mol. The van der Waals surface area contributed by atoms with Crippen LogP contribution in [0.4, 0.5) is 0 Å². The first-order valence-electron chi connectivity index (χ1n) is 10.3. The molecule has 0 amide bonds. The third-order valence-corrected chi connectivity index (χ3v) is 2.68. The van der Waals surface area contributed by atoms with Gasteiger partial charge in [0.05, 0.1) is 13.0 Å². The Kier molecular flexibility index (Phi) is 33.0. The molecule has 0 spiro atoms. The van der Waals surface area contributed by atoms with Gasteiger partial charge >= 0.3 is 47.8 Å². The molecular formula is C24H32O16. The standard InChI is InChI=1S/C8H12O4.C5H6O4.C4H4O4.C4H6O2.C3H4O2/c1-2-3-6-12-8(11)5-4-7(9)10;1-3(5(8)9)2-4(6)7;5-3(6)1-2-4(7)8;1-3(2)4(5)6;1-2-3(4)5/h4-5H,2-3,6H2,1H3,(H,9,10);1-2H2,(H,6,7)(H,8,9);1-2H,(H,5,6)(H,7,8);1H2,2H3,(H,5,6);2H,1H2,(H,4,5). The number of hydrogen-bond acceptors (Lipinski definition) is 9. The number of carboxylic acids is 7. The van der Waals surface area contributed by atoms with Crippen LogP contribution in [0.3, 0.4) is 0 Å². The van der Waals surface area contributed by atoms with Crippen molar-refractivity contribution in [2.75, 3.05) is 6.61 Å². The summed E-state index contributed by atoms with van der Waals surface area (Å²) in [5, 5.41) is 55.3. The number of carbonyl (C=O) groups is 8. The molecular weight excluding hydrogens is 544 g/mol. The predicted molar refractivity (Wildman–Crippen MR) is 136 cm³/mol. The smallest absolute Gasteiger partial charge is 0.331 e. The molecule has 0 aliphatic rings. The maximum atomic E-state index is 10.6. The van der Waals surface area contributed by atoms with Crippen molar-refractivity contribution in [3.63, 3.8) is 0 Å². The summed E-state index contributed by atoms with van der Waals surface area (Å²) in [4.78, 5) is 78.2. The second-order valence-corrected chi connectivity index (χ2v) is 6.31. The number of aliphatic carboxylic acids is 7. The number of carboxylic acid groups (broad SMARTS) is 7. The zero-order valence-electron chi connectivity index (χ0n) is 21.6. The Labute approximate surface area is 228 Å². The lowest BCUT2D eigenvalue weighted by molar-refractivity contribution is -0.139. The summed E-state index contributed by atoms with van der Waals surface area (Å²) in [6, 6.07) is 0. The van der Waals surface area contributed by atoms with E-state index in [4.69, 9.17) is 35.7 Å². The van der Waals surface area contributed by atoms with Crippen LogP contribution < -0.4 is 0 Å². The topological polar surface area (TPSA) is 287 Å². The molecule has 16 nitrogen and oxygen atoms in total. The van der Waals surface area contributed by atoms with Crippen LogP contribution in [-0.2, 0) is 43.1 Å². The van der Waals surface area contributed by atoms with Gasteiger partial charge in [-0.1, -0.05) is 33.1 Å². The molecule has 0 unspecified atom stereocenters. The molecule has 0 aliphatic heterocycles. The third kappa shape index (κ3) is 58.4. The Morgan fingerprint density at radius 2 is 1.02 bits per heavy atom. The van der Waals surface area contributed by atoms with Gasteiger partial charge in [-0.3, -0.25) is 4.79 Å². The maximum Gasteiger partial charge on any atom is 0.331 e. The summed E-state index contributed by atoms with van der Waals surface area (Å²) in [5.74, 6) is -8.63. The first kappa shape index (κ1) is 44.5. The van der Waals surface area contributed by atoms with Gasteiger partial charge in [-0.2, -0.15) is 0 Å². The fourth-order valence-corrected chi connectivity index (χ4v) is 0.905. The fraction of sp³-hybridized carbons (Fsp3) is 0.250. The molecule has 0 atom stereocenters. The Morgan fingerprint density at radius 1 is 0.675 bits per heavy atom. The van der Waals surface area contributed by atoms with Crippen LogP contribution in [-0.4, -0.2) is 90.1 Å². The number of unbranched alkanes of at least 4 members (excludes halogenated alkanes) is 1. The van der Waals surface area contributed by atoms with Crippen LogP contribution in [0.2, 0.25) is 0 Å². The molecule has 0 fully saturated rings. The summed E-state index contributed by atoms with van der Waals surface area (Å²) in [5.41, 5.74) is -0.127. The minimum absolute atomic E-state index is 0.176. The van der Waals surface area contributed by atoms with Crippen LogP contribution >= 0.6 is 0 Å². The van der Waals surface area contributed by atoms with Gasteiger partial charge in [0.1, 0.15) is 0 Å². The predicted octanol–water partition coefficient (Wildman–Crippen LogP) is 1.69. The summed E-state index contributed by atoms with van der Waals surface area (Å²) in [6.07, 6.45) is 4.84. The molecule has 0 aromatic carbocycles. The minimum atomic E-state index is -1.27. The van der Waals surface area contributed by atoms with Gasteiger partial charge in [-0.05, 0) is 13.3 Å². The molecule has 0 rings (SSSR count). The van der Waals surface area contributed by atoms with Crippen molar-refractivity contribution in [2.45, 2.75) is 33.1 Å². The molecule has 0 bridgehead atoms. The Hall–Kier alpha value is -5.54. The number of ether oxygens (including phenoxy) is 1. The zero-order valence-corrected chi connectivity index (χ0v) is 21.6. The van der Waals surface area contributed by atoms with E-state index in [-0.39, 0.29) is 11.1 Å². The number of esters is 1. The second kappa shape index (κ2) is 29.7. The summed E-state index contributed by atoms with van der Waals surface area (Å²) in [7, 11) is 0. The van der Waals surface area contributed by atoms with Crippen LogP contribution in [0.15, 0.2) is 61.3 Å². The normalized spacial score (nSPS) is 8.75. The molecule has 0 radical (unpaired) electrons. The van der Waals surface area contributed by atoms with Gasteiger partial charge in [0, 0.05) is 41.5 Å². The van der Waals surface area contributed by atoms with Gasteiger partial charge in [0.15, 0.2) is 0 Å². The third-order valence-electron chi connectivity index (χ3n) is 2.68. The van der Waals surface area contributed by atoms with Crippen LogP contribution in [0, 0.1) is 0 Å². The van der Waals surface area contributed by atoms with Gasteiger partial charge in [0.2, 0.25) is 0 Å². The quantitative estimate of drug-likeness (QED) is 0.0987. The lowest BCUT2D eigenvalue weighted by Gasteiger charge is -1.97. The van der Waals surface area contributed by atoms with E-state index in [0.29, 0.717) is 18.8 Å². The van der Waals surface area contributed by atoms with Crippen molar-refractivity contribution in [3.8, 4) is 0 Å². The average molecular weight is 577 g/mol. The SMILES string of the molecule is C=C(C)C(=O)O.C=C(CC(=O)O)C(=O)O.C=CC(=O)O.CCCCOC(=O)C=CC(=O)O.O=C(O)C=CC(=O)O. The van der Waals surface area contributed by atoms with E-state index >= 15 is 0 Å². The molecule has 7 N–H and O–H groups in total. The van der Waals surface area contributed by atoms with Crippen LogP contribution in [0.1, 0.15) is 33.1 Å². The fourth-order valence-electron chi connectivity index (χ4n) is 0.905. The molecule has 0 aliphatic carbocycles. The van der Waals surface area contributed by atoms with E-state index in [2.05, 4.69) is 24.5 Å². The lowest BCUT2D eigenvalue weighted by Crippen LogP contribution is -2.04. The molecule has 40 heavy (non-hydrogen) atoms. The van der Waals surface area contributed by atoms with Crippen molar-refractivity contribution in [1.29, 1.82) is 0 Å². The minimum Gasteiger partial charge on any atom is -0.481 e. The van der Waals surface area contributed by atoms with E-state index in [1.54, 1.807) is 0 Å². The van der Waals surface area contributed by atoms with E-state index in [1.807, 2.05) is 6.92 Å². The highest BCUT2D eigenvalue weighted by Gasteiger charge is 2.07. The molecule has 224 valence electrons.